The molecule has 6 rings (SSSR count). The minimum atomic E-state index is -0.651. The molecule has 5 aromatic rings. The van der Waals surface area contributed by atoms with Crippen molar-refractivity contribution in [3.05, 3.63) is 120 Å². The largest absolute Gasteiger partial charge is 0.495 e. The van der Waals surface area contributed by atoms with Crippen LogP contribution in [0.15, 0.2) is 93.9 Å². The second-order valence-corrected chi connectivity index (χ2v) is 12.4. The highest BCUT2D eigenvalue weighted by Crippen LogP contribution is 2.36. The summed E-state index contributed by atoms with van der Waals surface area (Å²) in [6, 6.07) is 23.5. The lowest BCUT2D eigenvalue weighted by Crippen LogP contribution is -2.40. The Labute approximate surface area is 266 Å². The van der Waals surface area contributed by atoms with Crippen molar-refractivity contribution in [3.63, 3.8) is 0 Å². The maximum atomic E-state index is 14.5. The molecule has 1 N–H and O–H groups in total. The number of hydrogen-bond donors (Lipinski definition) is 1. The summed E-state index contributed by atoms with van der Waals surface area (Å²) >= 11 is 1.34. The summed E-state index contributed by atoms with van der Waals surface area (Å²) in [4.78, 5) is 37.1. The van der Waals surface area contributed by atoms with Crippen LogP contribution in [0, 0.1) is 0 Å². The first-order valence-electron chi connectivity index (χ1n) is 15.4. The number of H-pyrrole nitrogens is 1. The Hall–Kier alpha value is -4.69. The van der Waals surface area contributed by atoms with Gasteiger partial charge in [-0.25, -0.2) is 9.79 Å². The van der Waals surface area contributed by atoms with Gasteiger partial charge in [0.2, 0.25) is 0 Å². The summed E-state index contributed by atoms with van der Waals surface area (Å²) in [6.45, 7) is 8.37. The number of para-hydroxylation sites is 1. The molecule has 0 radical (unpaired) electrons. The van der Waals surface area contributed by atoms with Crippen LogP contribution in [0.3, 0.4) is 0 Å². The van der Waals surface area contributed by atoms with Crippen LogP contribution in [0.4, 0.5) is 0 Å². The molecule has 7 nitrogen and oxygen atoms in total. The maximum absolute atomic E-state index is 14.5. The van der Waals surface area contributed by atoms with Gasteiger partial charge >= 0.3 is 5.97 Å². The van der Waals surface area contributed by atoms with E-state index >= 15 is 0 Å². The first-order valence-corrected chi connectivity index (χ1v) is 16.2. The van der Waals surface area contributed by atoms with Gasteiger partial charge in [-0.2, -0.15) is 0 Å². The van der Waals surface area contributed by atoms with Gasteiger partial charge in [0.15, 0.2) is 4.80 Å². The summed E-state index contributed by atoms with van der Waals surface area (Å²) in [6.07, 6.45) is 3.34. The van der Waals surface area contributed by atoms with E-state index in [4.69, 9.17) is 14.5 Å². The summed E-state index contributed by atoms with van der Waals surface area (Å²) in [5, 5.41) is 0.943. The molecular formula is C37H37N3O4S. The molecular weight excluding hydrogens is 582 g/mol. The quantitative estimate of drug-likeness (QED) is 0.183. The van der Waals surface area contributed by atoms with Gasteiger partial charge in [-0.05, 0) is 48.1 Å². The van der Waals surface area contributed by atoms with Crippen LogP contribution >= 0.6 is 11.3 Å². The fourth-order valence-electron chi connectivity index (χ4n) is 5.99. The molecule has 3 heterocycles. The number of thiazole rings is 1. The van der Waals surface area contributed by atoms with E-state index in [1.54, 1.807) is 18.6 Å². The third kappa shape index (κ3) is 5.55. The SMILES string of the molecule is CCCC1=C(C(=O)OCC)[C@@H](c2ccc(C(C)C)cc2)n2c(s/c(=C\c3c(-c4ccccc4)[nH]c4c(OC)cccc34)c2=O)=N1. The van der Waals surface area contributed by atoms with Gasteiger partial charge in [-0.15, -0.1) is 0 Å². The van der Waals surface area contributed by atoms with Gasteiger partial charge in [0, 0.05) is 10.9 Å². The van der Waals surface area contributed by atoms with E-state index in [2.05, 4.69) is 37.9 Å². The van der Waals surface area contributed by atoms with Crippen molar-refractivity contribution in [1.82, 2.24) is 9.55 Å². The number of fused-ring (bicyclic) bond motifs is 2. The predicted octanol–water partition coefficient (Wildman–Crippen LogP) is 6.86. The van der Waals surface area contributed by atoms with Gasteiger partial charge in [-0.3, -0.25) is 9.36 Å². The summed E-state index contributed by atoms with van der Waals surface area (Å²) < 4.78 is 13.4. The van der Waals surface area contributed by atoms with E-state index in [9.17, 15) is 9.59 Å². The van der Waals surface area contributed by atoms with Crippen LogP contribution in [0.2, 0.25) is 0 Å². The monoisotopic (exact) mass is 619 g/mol. The highest BCUT2D eigenvalue weighted by molar-refractivity contribution is 7.07. The van der Waals surface area contributed by atoms with E-state index < -0.39 is 12.0 Å². The molecule has 0 spiro atoms. The molecule has 0 bridgehead atoms. The molecule has 45 heavy (non-hydrogen) atoms. The van der Waals surface area contributed by atoms with Crippen molar-refractivity contribution in [2.75, 3.05) is 13.7 Å². The van der Waals surface area contributed by atoms with Crippen LogP contribution in [0.1, 0.15) is 69.2 Å². The molecule has 0 unspecified atom stereocenters. The molecule has 1 atom stereocenters. The van der Waals surface area contributed by atoms with E-state index in [-0.39, 0.29) is 12.2 Å². The Morgan fingerprint density at radius 3 is 2.47 bits per heavy atom. The van der Waals surface area contributed by atoms with Gasteiger partial charge in [0.25, 0.3) is 5.56 Å². The fraction of sp³-hybridized carbons (Fsp3) is 0.270. The zero-order valence-corrected chi connectivity index (χ0v) is 27.0. The van der Waals surface area contributed by atoms with Crippen molar-refractivity contribution in [2.24, 2.45) is 4.99 Å². The number of hydrogen-bond acceptors (Lipinski definition) is 6. The number of carbonyl (C=O) groups is 1. The molecule has 0 amide bonds. The predicted molar refractivity (Wildman–Crippen MR) is 180 cm³/mol. The van der Waals surface area contributed by atoms with E-state index in [1.165, 1.54) is 16.9 Å². The average Bonchev–Trinajstić information content (AvgIpc) is 3.58. The van der Waals surface area contributed by atoms with Crippen molar-refractivity contribution < 1.29 is 14.3 Å². The molecule has 2 aromatic heterocycles. The van der Waals surface area contributed by atoms with Gasteiger partial charge < -0.3 is 14.5 Å². The molecule has 0 aliphatic carbocycles. The van der Waals surface area contributed by atoms with Crippen molar-refractivity contribution in [2.45, 2.75) is 52.5 Å². The zero-order valence-electron chi connectivity index (χ0n) is 26.2. The topological polar surface area (TPSA) is 85.7 Å². The van der Waals surface area contributed by atoms with Crippen molar-refractivity contribution in [1.29, 1.82) is 0 Å². The highest BCUT2D eigenvalue weighted by Gasteiger charge is 2.34. The number of methoxy groups -OCH3 is 1. The summed E-state index contributed by atoms with van der Waals surface area (Å²) in [5.74, 6) is 0.635. The number of carbonyl (C=O) groups excluding carboxylic acids is 1. The molecule has 3 aromatic carbocycles. The van der Waals surface area contributed by atoms with Crippen LogP contribution in [0.25, 0.3) is 28.2 Å². The Morgan fingerprint density at radius 2 is 1.80 bits per heavy atom. The highest BCUT2D eigenvalue weighted by atomic mass is 32.1. The lowest BCUT2D eigenvalue weighted by Gasteiger charge is -2.26. The van der Waals surface area contributed by atoms with Crippen LogP contribution < -0.4 is 19.6 Å². The number of esters is 1. The van der Waals surface area contributed by atoms with Crippen molar-refractivity contribution >= 4 is 34.3 Å². The average molecular weight is 620 g/mol. The van der Waals surface area contributed by atoms with Gasteiger partial charge in [0.1, 0.15) is 5.75 Å². The van der Waals surface area contributed by atoms with Crippen LogP contribution in [-0.2, 0) is 9.53 Å². The number of rotatable bonds is 9. The van der Waals surface area contributed by atoms with Crippen LogP contribution in [0.5, 0.6) is 5.75 Å². The van der Waals surface area contributed by atoms with Gasteiger partial charge in [0.05, 0.1) is 46.8 Å². The number of ether oxygens (including phenoxy) is 2. The number of allylic oxidation sites excluding steroid dienone is 1. The molecule has 1 aliphatic rings. The third-order valence-electron chi connectivity index (χ3n) is 8.20. The number of nitrogens with zero attached hydrogens (tertiary/aromatic N) is 2. The number of benzene rings is 3. The van der Waals surface area contributed by atoms with Crippen molar-refractivity contribution in [3.8, 4) is 17.0 Å². The number of nitrogens with one attached hydrogen (secondary N) is 1. The van der Waals surface area contributed by atoms with Crippen LogP contribution in [-0.4, -0.2) is 29.2 Å². The Kier molecular flexibility index (Phi) is 8.59. The Balaban J connectivity index is 1.63. The molecule has 0 fully saturated rings. The lowest BCUT2D eigenvalue weighted by molar-refractivity contribution is -0.139. The Morgan fingerprint density at radius 1 is 1.04 bits per heavy atom. The second-order valence-electron chi connectivity index (χ2n) is 11.4. The van der Waals surface area contributed by atoms with E-state index in [1.807, 2.05) is 66.7 Å². The lowest BCUT2D eigenvalue weighted by atomic mass is 9.92. The third-order valence-corrected chi connectivity index (χ3v) is 9.19. The minimum absolute atomic E-state index is 0.203. The smallest absolute Gasteiger partial charge is 0.338 e. The van der Waals surface area contributed by atoms with E-state index in [0.717, 1.165) is 45.5 Å². The van der Waals surface area contributed by atoms with E-state index in [0.29, 0.717) is 32.9 Å². The molecule has 1 aliphatic heterocycles. The maximum Gasteiger partial charge on any atom is 0.338 e. The molecule has 0 saturated carbocycles. The zero-order chi connectivity index (χ0) is 31.7. The molecule has 0 saturated heterocycles. The first kappa shape index (κ1) is 30.3. The summed E-state index contributed by atoms with van der Waals surface area (Å²) in [7, 11) is 1.65. The number of aromatic amines is 1. The fourth-order valence-corrected chi connectivity index (χ4v) is 7.00. The molecule has 8 heteroatoms. The first-order chi connectivity index (χ1) is 21.9. The standard InChI is InChI=1S/C37H37N3O4S/c1-6-12-28-31(36(42)44-7-2)34(25-19-17-23(18-20-25)22(3)4)40-35(41)30(45-37(40)38-28)21-27-26-15-11-16-29(43-5)33(26)39-32(27)24-13-9-8-10-14-24/h8-11,13-22,34,39H,6-7,12H2,1-5H3/b30-21-/t34-/m1/s1. The molecule has 230 valence electrons. The summed E-state index contributed by atoms with van der Waals surface area (Å²) in [5.41, 5.74) is 6.55. The Bertz CT molecular complexity index is 2080. The second kappa shape index (κ2) is 12.7. The number of aromatic nitrogens is 2. The van der Waals surface area contributed by atoms with Gasteiger partial charge in [-0.1, -0.05) is 105 Å². The minimum Gasteiger partial charge on any atom is -0.495 e. The normalized spacial score (nSPS) is 15.0.